The molecular formula is C28H23ClN2O4. The van der Waals surface area contributed by atoms with E-state index in [0.29, 0.717) is 22.1 Å². The highest BCUT2D eigenvalue weighted by molar-refractivity contribution is 6.30. The van der Waals surface area contributed by atoms with Gasteiger partial charge in [-0.05, 0) is 61.3 Å². The zero-order valence-corrected chi connectivity index (χ0v) is 19.6. The molecule has 35 heavy (non-hydrogen) atoms. The number of fused-ring (bicyclic) bond motifs is 5. The smallest absolute Gasteiger partial charge is 0.250 e. The van der Waals surface area contributed by atoms with Crippen molar-refractivity contribution in [1.29, 1.82) is 0 Å². The van der Waals surface area contributed by atoms with Crippen molar-refractivity contribution >= 4 is 29.0 Å². The number of halogens is 1. The van der Waals surface area contributed by atoms with Crippen LogP contribution >= 0.6 is 11.6 Å². The van der Waals surface area contributed by atoms with Gasteiger partial charge < -0.3 is 14.8 Å². The number of nitrogens with one attached hydrogen (secondary N) is 1. The standard InChI is InChI=1S/C28H23ClN2O4/c29-18-10-7-16(8-11-18)24-21-6-3-13-31(21)28(19-4-1-2-5-20(19)30-27(28)33)25(24)26(32)17-9-12-22-23(14-17)35-15-34-22/h1-2,4-5,7-12,14,21,24-25H,3,6,13,15H2,(H,30,33)/t21-,24-,25-,28-/m0/s1. The number of Topliss-reactive ketones (excluding diaryl/α,β-unsaturated/α-hetero) is 1. The molecule has 6 nitrogen and oxygen atoms in total. The van der Waals surface area contributed by atoms with Gasteiger partial charge in [-0.2, -0.15) is 0 Å². The Morgan fingerprint density at radius 2 is 1.83 bits per heavy atom. The Kier molecular flexibility index (Phi) is 4.54. The number of carbonyl (C=O) groups is 2. The van der Waals surface area contributed by atoms with Crippen molar-refractivity contribution in [3.8, 4) is 11.5 Å². The first-order valence-electron chi connectivity index (χ1n) is 12.0. The molecule has 0 saturated carbocycles. The largest absolute Gasteiger partial charge is 0.454 e. The molecule has 0 bridgehead atoms. The van der Waals surface area contributed by atoms with Gasteiger partial charge in [0.1, 0.15) is 5.54 Å². The fourth-order valence-corrected chi connectivity index (χ4v) is 6.93. The predicted octanol–water partition coefficient (Wildman–Crippen LogP) is 4.98. The second-order valence-electron chi connectivity index (χ2n) is 9.66. The quantitative estimate of drug-likeness (QED) is 0.529. The van der Waals surface area contributed by atoms with Crippen molar-refractivity contribution in [2.75, 3.05) is 18.7 Å². The molecule has 2 saturated heterocycles. The van der Waals surface area contributed by atoms with Gasteiger partial charge in [0, 0.05) is 33.8 Å². The van der Waals surface area contributed by atoms with Crippen LogP contribution in [0.4, 0.5) is 5.69 Å². The topological polar surface area (TPSA) is 67.9 Å². The monoisotopic (exact) mass is 486 g/mol. The molecule has 1 N–H and O–H groups in total. The van der Waals surface area contributed by atoms with E-state index >= 15 is 0 Å². The van der Waals surface area contributed by atoms with Gasteiger partial charge in [0.05, 0.1) is 5.92 Å². The first-order chi connectivity index (χ1) is 17.1. The Morgan fingerprint density at radius 3 is 2.69 bits per heavy atom. The van der Waals surface area contributed by atoms with Crippen molar-refractivity contribution in [3.63, 3.8) is 0 Å². The van der Waals surface area contributed by atoms with Crippen LogP contribution in [0, 0.1) is 5.92 Å². The molecule has 7 heteroatoms. The van der Waals surface area contributed by atoms with Crippen molar-refractivity contribution < 1.29 is 19.1 Å². The molecule has 4 aliphatic rings. The number of rotatable bonds is 3. The van der Waals surface area contributed by atoms with Crippen LogP contribution in [0.5, 0.6) is 11.5 Å². The molecule has 3 aromatic rings. The Balaban J connectivity index is 1.46. The van der Waals surface area contributed by atoms with E-state index in [1.165, 1.54) is 0 Å². The Morgan fingerprint density at radius 1 is 1.03 bits per heavy atom. The Labute approximate surface area is 207 Å². The molecule has 0 radical (unpaired) electrons. The van der Waals surface area contributed by atoms with Gasteiger partial charge in [-0.3, -0.25) is 14.5 Å². The lowest BCUT2D eigenvalue weighted by Crippen LogP contribution is -2.52. The van der Waals surface area contributed by atoms with Crippen LogP contribution in [0.15, 0.2) is 66.7 Å². The molecule has 176 valence electrons. The summed E-state index contributed by atoms with van der Waals surface area (Å²) in [6.07, 6.45) is 1.91. The normalized spacial score (nSPS) is 28.3. The van der Waals surface area contributed by atoms with Crippen molar-refractivity contribution in [2.45, 2.75) is 30.3 Å². The van der Waals surface area contributed by atoms with E-state index in [0.717, 1.165) is 36.2 Å². The minimum Gasteiger partial charge on any atom is -0.454 e. The zero-order chi connectivity index (χ0) is 23.7. The third-order valence-corrected chi connectivity index (χ3v) is 8.35. The third-order valence-electron chi connectivity index (χ3n) is 8.10. The van der Waals surface area contributed by atoms with Gasteiger partial charge >= 0.3 is 0 Å². The molecule has 4 atom stereocenters. The second kappa shape index (κ2) is 7.57. The van der Waals surface area contributed by atoms with Crippen LogP contribution in [-0.4, -0.2) is 36.0 Å². The SMILES string of the molecule is O=C(c1ccc2c(c1)OCO2)[C@@H]1[C@@H](c2ccc(Cl)cc2)[C@@H]2CCCN2[C@]12C(=O)Nc1ccccc12. The minimum atomic E-state index is -1.07. The maximum absolute atomic E-state index is 14.5. The fourth-order valence-electron chi connectivity index (χ4n) is 6.80. The molecule has 1 spiro atoms. The lowest BCUT2D eigenvalue weighted by Gasteiger charge is -2.36. The van der Waals surface area contributed by atoms with Gasteiger partial charge in [-0.15, -0.1) is 0 Å². The molecule has 3 aromatic carbocycles. The first-order valence-corrected chi connectivity index (χ1v) is 12.3. The average Bonchev–Trinajstić information content (AvgIpc) is 3.63. The number of hydrogen-bond acceptors (Lipinski definition) is 5. The summed E-state index contributed by atoms with van der Waals surface area (Å²) < 4.78 is 11.0. The third kappa shape index (κ3) is 2.81. The fraction of sp³-hybridized carbons (Fsp3) is 0.286. The summed E-state index contributed by atoms with van der Waals surface area (Å²) in [5.41, 5.74) is 2.14. The Bertz CT molecular complexity index is 1370. The summed E-state index contributed by atoms with van der Waals surface area (Å²) >= 11 is 6.22. The van der Waals surface area contributed by atoms with E-state index in [2.05, 4.69) is 10.2 Å². The molecular weight excluding hydrogens is 464 g/mol. The first kappa shape index (κ1) is 21.0. The number of ketones is 1. The van der Waals surface area contributed by atoms with E-state index in [1.54, 1.807) is 18.2 Å². The maximum Gasteiger partial charge on any atom is 0.250 e. The summed E-state index contributed by atoms with van der Waals surface area (Å²) in [6.45, 7) is 0.904. The number of nitrogens with zero attached hydrogens (tertiary/aromatic N) is 1. The second-order valence-corrected chi connectivity index (χ2v) is 10.1. The molecule has 7 rings (SSSR count). The van der Waals surface area contributed by atoms with Crippen LogP contribution in [0.3, 0.4) is 0 Å². The van der Waals surface area contributed by atoms with Crippen molar-refractivity contribution in [3.05, 3.63) is 88.4 Å². The van der Waals surface area contributed by atoms with Gasteiger partial charge in [0.25, 0.3) is 0 Å². The zero-order valence-electron chi connectivity index (χ0n) is 18.9. The molecule has 0 aliphatic carbocycles. The van der Waals surface area contributed by atoms with Gasteiger partial charge in [0.2, 0.25) is 12.7 Å². The number of para-hydroxylation sites is 1. The number of ether oxygens (including phenoxy) is 2. The maximum atomic E-state index is 14.5. The van der Waals surface area contributed by atoms with Crippen LogP contribution in [0.1, 0.15) is 40.2 Å². The summed E-state index contributed by atoms with van der Waals surface area (Å²) in [7, 11) is 0. The molecule has 1 amide bonds. The lowest BCUT2D eigenvalue weighted by atomic mass is 9.69. The van der Waals surface area contributed by atoms with Crippen molar-refractivity contribution in [1.82, 2.24) is 4.90 Å². The number of carbonyl (C=O) groups excluding carboxylic acids is 2. The predicted molar refractivity (Wildman–Crippen MR) is 131 cm³/mol. The summed E-state index contributed by atoms with van der Waals surface area (Å²) in [4.78, 5) is 30.8. The minimum absolute atomic E-state index is 0.0653. The van der Waals surface area contributed by atoms with E-state index < -0.39 is 11.5 Å². The van der Waals surface area contributed by atoms with Crippen LogP contribution in [-0.2, 0) is 10.3 Å². The summed E-state index contributed by atoms with van der Waals surface area (Å²) in [6, 6.07) is 20.9. The number of hydrogen-bond donors (Lipinski definition) is 1. The molecule has 0 aromatic heterocycles. The van der Waals surface area contributed by atoms with Gasteiger partial charge in [-0.25, -0.2) is 0 Å². The number of benzene rings is 3. The van der Waals surface area contributed by atoms with Crippen molar-refractivity contribution in [2.24, 2.45) is 5.92 Å². The van der Waals surface area contributed by atoms with Crippen LogP contribution in [0.25, 0.3) is 0 Å². The van der Waals surface area contributed by atoms with Crippen LogP contribution < -0.4 is 14.8 Å². The van der Waals surface area contributed by atoms with E-state index in [1.807, 2.05) is 48.5 Å². The van der Waals surface area contributed by atoms with E-state index in [4.69, 9.17) is 21.1 Å². The van der Waals surface area contributed by atoms with Crippen LogP contribution in [0.2, 0.25) is 5.02 Å². The van der Waals surface area contributed by atoms with Gasteiger partial charge in [0.15, 0.2) is 17.3 Å². The van der Waals surface area contributed by atoms with E-state index in [-0.39, 0.29) is 30.4 Å². The molecule has 4 aliphatic heterocycles. The molecule has 0 unspecified atom stereocenters. The number of anilines is 1. The lowest BCUT2D eigenvalue weighted by molar-refractivity contribution is -0.127. The summed E-state index contributed by atoms with van der Waals surface area (Å²) in [5.74, 6) is 0.220. The highest BCUT2D eigenvalue weighted by atomic mass is 35.5. The highest BCUT2D eigenvalue weighted by Crippen LogP contribution is 2.61. The summed E-state index contributed by atoms with van der Waals surface area (Å²) in [5, 5.41) is 3.75. The Hall–Kier alpha value is -3.35. The number of amides is 1. The van der Waals surface area contributed by atoms with E-state index in [9.17, 15) is 9.59 Å². The average molecular weight is 487 g/mol. The molecule has 4 heterocycles. The molecule has 2 fully saturated rings. The highest BCUT2D eigenvalue weighted by Gasteiger charge is 2.69. The van der Waals surface area contributed by atoms with Gasteiger partial charge in [-0.1, -0.05) is 41.9 Å².